The second kappa shape index (κ2) is 6.21. The van der Waals surface area contributed by atoms with Crippen LogP contribution in [-0.2, 0) is 4.79 Å². The number of hydrogen-bond acceptors (Lipinski definition) is 3. The Morgan fingerprint density at radius 2 is 2.12 bits per heavy atom. The molecule has 0 unspecified atom stereocenters. The molecule has 1 rings (SSSR count). The lowest BCUT2D eigenvalue weighted by molar-refractivity contribution is -0.129. The molecular formula is C12H25N3O. The van der Waals surface area contributed by atoms with Crippen molar-refractivity contribution in [3.05, 3.63) is 0 Å². The molecule has 4 heteroatoms. The predicted molar refractivity (Wildman–Crippen MR) is 66.4 cm³/mol. The van der Waals surface area contributed by atoms with Gasteiger partial charge in [-0.3, -0.25) is 4.79 Å². The van der Waals surface area contributed by atoms with E-state index >= 15 is 0 Å². The minimum Gasteiger partial charge on any atom is -0.342 e. The van der Waals surface area contributed by atoms with Crippen molar-refractivity contribution < 1.29 is 4.79 Å². The van der Waals surface area contributed by atoms with Crippen LogP contribution < -0.4 is 5.32 Å². The first kappa shape index (κ1) is 13.5. The molecule has 94 valence electrons. The molecule has 1 amide bonds. The van der Waals surface area contributed by atoms with Crippen molar-refractivity contribution >= 4 is 5.91 Å². The molecule has 1 fully saturated rings. The molecular weight excluding hydrogens is 202 g/mol. The van der Waals surface area contributed by atoms with Crippen LogP contribution in [0.4, 0.5) is 0 Å². The second-order valence-corrected chi connectivity index (χ2v) is 4.89. The Morgan fingerprint density at radius 3 is 2.69 bits per heavy atom. The van der Waals surface area contributed by atoms with Gasteiger partial charge in [-0.05, 0) is 26.4 Å². The first-order valence-corrected chi connectivity index (χ1v) is 6.20. The summed E-state index contributed by atoms with van der Waals surface area (Å²) in [6.45, 7) is 6.99. The van der Waals surface area contributed by atoms with E-state index in [0.717, 1.165) is 26.1 Å². The normalized spacial score (nSPS) is 25.1. The molecule has 0 spiro atoms. The Kier molecular flexibility index (Phi) is 5.22. The molecule has 0 aromatic rings. The van der Waals surface area contributed by atoms with Gasteiger partial charge >= 0.3 is 0 Å². The predicted octanol–water partition coefficient (Wildman–Crippen LogP) is 0.537. The van der Waals surface area contributed by atoms with Crippen LogP contribution in [0.1, 0.15) is 26.7 Å². The third-order valence-electron chi connectivity index (χ3n) is 3.38. The van der Waals surface area contributed by atoms with E-state index in [4.69, 9.17) is 0 Å². The van der Waals surface area contributed by atoms with Crippen molar-refractivity contribution in [1.82, 2.24) is 15.1 Å². The quantitative estimate of drug-likeness (QED) is 0.744. The number of carbonyl (C=O) groups is 1. The molecule has 2 atom stereocenters. The molecule has 0 aromatic heterocycles. The fourth-order valence-electron chi connectivity index (χ4n) is 2.34. The summed E-state index contributed by atoms with van der Waals surface area (Å²) in [5, 5.41) is 3.50. The van der Waals surface area contributed by atoms with Crippen LogP contribution in [0.15, 0.2) is 0 Å². The molecule has 4 nitrogen and oxygen atoms in total. The Bertz CT molecular complexity index is 232. The average Bonchev–Trinajstić information content (AvgIpc) is 2.65. The van der Waals surface area contributed by atoms with Crippen LogP contribution in [0.5, 0.6) is 0 Å². The van der Waals surface area contributed by atoms with Gasteiger partial charge in [0.1, 0.15) is 0 Å². The summed E-state index contributed by atoms with van der Waals surface area (Å²) in [5.41, 5.74) is 0. The topological polar surface area (TPSA) is 35.6 Å². The second-order valence-electron chi connectivity index (χ2n) is 4.89. The van der Waals surface area contributed by atoms with Crippen LogP contribution in [0, 0.1) is 0 Å². The number of likely N-dealkylation sites (N-methyl/N-ethyl adjacent to an activating group) is 2. The van der Waals surface area contributed by atoms with Crippen molar-refractivity contribution in [2.75, 3.05) is 33.7 Å². The number of nitrogens with one attached hydrogen (secondary N) is 1. The van der Waals surface area contributed by atoms with E-state index in [0.29, 0.717) is 12.1 Å². The highest BCUT2D eigenvalue weighted by atomic mass is 16.2. The Hall–Kier alpha value is -0.610. The maximum Gasteiger partial charge on any atom is 0.219 e. The molecule has 0 aromatic carbocycles. The van der Waals surface area contributed by atoms with E-state index in [1.165, 1.54) is 6.42 Å². The maximum atomic E-state index is 11.2. The third-order valence-corrected chi connectivity index (χ3v) is 3.38. The molecule has 1 saturated heterocycles. The Labute approximate surface area is 99.0 Å². The van der Waals surface area contributed by atoms with Gasteiger partial charge in [0.15, 0.2) is 0 Å². The summed E-state index contributed by atoms with van der Waals surface area (Å²) in [5.74, 6) is 0.161. The zero-order chi connectivity index (χ0) is 12.1. The van der Waals surface area contributed by atoms with Gasteiger partial charge in [-0.2, -0.15) is 0 Å². The highest BCUT2D eigenvalue weighted by molar-refractivity contribution is 5.73. The summed E-state index contributed by atoms with van der Waals surface area (Å²) in [4.78, 5) is 15.5. The van der Waals surface area contributed by atoms with Crippen molar-refractivity contribution in [3.63, 3.8) is 0 Å². The number of carbonyl (C=O) groups excluding carboxylic acids is 1. The molecule has 0 saturated carbocycles. The van der Waals surface area contributed by atoms with Crippen molar-refractivity contribution in [3.8, 4) is 0 Å². The molecule has 0 aliphatic carbocycles. The number of rotatable bonds is 5. The van der Waals surface area contributed by atoms with E-state index in [1.54, 1.807) is 6.92 Å². The van der Waals surface area contributed by atoms with E-state index in [-0.39, 0.29) is 5.91 Å². The third kappa shape index (κ3) is 3.76. The van der Waals surface area contributed by atoms with E-state index in [2.05, 4.69) is 24.2 Å². The standard InChI is InChI=1S/C12H25N3O/c1-5-6-14(3)9-11-7-12(8-13-11)15(4)10(2)16/h11-13H,5-9H2,1-4H3/t11-,12+/m0/s1. The van der Waals surface area contributed by atoms with Gasteiger partial charge in [0.05, 0.1) is 0 Å². The van der Waals surface area contributed by atoms with Gasteiger partial charge in [-0.25, -0.2) is 0 Å². The first-order valence-electron chi connectivity index (χ1n) is 6.20. The maximum absolute atomic E-state index is 11.2. The van der Waals surface area contributed by atoms with Gasteiger partial charge in [-0.15, -0.1) is 0 Å². The van der Waals surface area contributed by atoms with Gasteiger partial charge in [0.2, 0.25) is 5.91 Å². The summed E-state index contributed by atoms with van der Waals surface area (Å²) in [6, 6.07) is 0.904. The molecule has 1 aliphatic heterocycles. The van der Waals surface area contributed by atoms with Gasteiger partial charge in [-0.1, -0.05) is 6.92 Å². The SMILES string of the molecule is CCCN(C)C[C@@H]1C[C@@H](N(C)C(C)=O)CN1. The first-order chi connectivity index (χ1) is 7.54. The molecule has 0 radical (unpaired) electrons. The number of amides is 1. The van der Waals surface area contributed by atoms with E-state index in [9.17, 15) is 4.79 Å². The molecule has 16 heavy (non-hydrogen) atoms. The lowest BCUT2D eigenvalue weighted by Crippen LogP contribution is -2.36. The van der Waals surface area contributed by atoms with Gasteiger partial charge in [0, 0.05) is 39.1 Å². The highest BCUT2D eigenvalue weighted by Crippen LogP contribution is 2.13. The van der Waals surface area contributed by atoms with Crippen molar-refractivity contribution in [1.29, 1.82) is 0 Å². The number of hydrogen-bond donors (Lipinski definition) is 1. The van der Waals surface area contributed by atoms with E-state index < -0.39 is 0 Å². The smallest absolute Gasteiger partial charge is 0.219 e. The van der Waals surface area contributed by atoms with Crippen LogP contribution in [0.25, 0.3) is 0 Å². The Balaban J connectivity index is 2.32. The van der Waals surface area contributed by atoms with Gasteiger partial charge < -0.3 is 15.1 Å². The van der Waals surface area contributed by atoms with Crippen molar-refractivity contribution in [2.45, 2.75) is 38.8 Å². The minimum absolute atomic E-state index is 0.161. The lowest BCUT2D eigenvalue weighted by atomic mass is 10.1. The fourth-order valence-corrected chi connectivity index (χ4v) is 2.34. The zero-order valence-electron chi connectivity index (χ0n) is 11.0. The summed E-state index contributed by atoms with van der Waals surface area (Å²) < 4.78 is 0. The summed E-state index contributed by atoms with van der Waals surface area (Å²) in [7, 11) is 4.06. The van der Waals surface area contributed by atoms with Crippen LogP contribution >= 0.6 is 0 Å². The van der Waals surface area contributed by atoms with Crippen LogP contribution in [-0.4, -0.2) is 61.5 Å². The zero-order valence-corrected chi connectivity index (χ0v) is 11.0. The van der Waals surface area contributed by atoms with Crippen LogP contribution in [0.3, 0.4) is 0 Å². The molecule has 1 N–H and O–H groups in total. The fraction of sp³-hybridized carbons (Fsp3) is 0.917. The molecule has 1 heterocycles. The monoisotopic (exact) mass is 227 g/mol. The number of nitrogens with zero attached hydrogens (tertiary/aromatic N) is 2. The lowest BCUT2D eigenvalue weighted by Gasteiger charge is -2.23. The molecule has 0 bridgehead atoms. The molecule has 1 aliphatic rings. The van der Waals surface area contributed by atoms with Gasteiger partial charge in [0.25, 0.3) is 0 Å². The average molecular weight is 227 g/mol. The largest absolute Gasteiger partial charge is 0.342 e. The minimum atomic E-state index is 0.161. The van der Waals surface area contributed by atoms with Crippen LogP contribution in [0.2, 0.25) is 0 Å². The highest BCUT2D eigenvalue weighted by Gasteiger charge is 2.28. The Morgan fingerprint density at radius 1 is 1.44 bits per heavy atom. The van der Waals surface area contributed by atoms with E-state index in [1.807, 2.05) is 11.9 Å². The summed E-state index contributed by atoms with van der Waals surface area (Å²) >= 11 is 0. The summed E-state index contributed by atoms with van der Waals surface area (Å²) in [6.07, 6.45) is 2.27. The van der Waals surface area contributed by atoms with Crippen molar-refractivity contribution in [2.24, 2.45) is 0 Å².